The summed E-state index contributed by atoms with van der Waals surface area (Å²) in [5, 5.41) is 10.3. The van der Waals surface area contributed by atoms with Gasteiger partial charge in [0, 0.05) is 5.56 Å². The van der Waals surface area contributed by atoms with Gasteiger partial charge in [-0.3, -0.25) is 4.79 Å². The van der Waals surface area contributed by atoms with Crippen LogP contribution in [0.2, 0.25) is 5.02 Å². The van der Waals surface area contributed by atoms with Gasteiger partial charge in [-0.1, -0.05) is 23.7 Å². The van der Waals surface area contributed by atoms with Crippen molar-refractivity contribution in [2.24, 2.45) is 0 Å². The van der Waals surface area contributed by atoms with Crippen LogP contribution in [0.3, 0.4) is 0 Å². The first kappa shape index (κ1) is 12.7. The van der Waals surface area contributed by atoms with E-state index in [1.165, 1.54) is 0 Å². The van der Waals surface area contributed by atoms with Crippen LogP contribution in [0.25, 0.3) is 0 Å². The topological polar surface area (TPSA) is 40.1 Å². The Morgan fingerprint density at radius 1 is 1.38 bits per heavy atom. The molecular weight excluding hydrogens is 199 g/mol. The average Bonchev–Trinajstić information content (AvgIpc) is 2.05. The Labute approximate surface area is 104 Å². The van der Waals surface area contributed by atoms with Crippen LogP contribution < -0.4 is 34.7 Å². The van der Waals surface area contributed by atoms with E-state index in [4.69, 9.17) is 11.6 Å². The van der Waals surface area contributed by atoms with E-state index in [0.717, 1.165) is 6.08 Å². The molecule has 0 radical (unpaired) electrons. The van der Waals surface area contributed by atoms with Crippen molar-refractivity contribution in [2.45, 2.75) is 0 Å². The minimum absolute atomic E-state index is 0. The fourth-order valence-electron chi connectivity index (χ4n) is 0.813. The van der Waals surface area contributed by atoms with Crippen molar-refractivity contribution in [1.82, 2.24) is 0 Å². The van der Waals surface area contributed by atoms with E-state index in [2.05, 4.69) is 0 Å². The molecule has 1 aromatic rings. The molecule has 0 unspecified atom stereocenters. The predicted octanol–water partition coefficient (Wildman–Crippen LogP) is -1.60. The van der Waals surface area contributed by atoms with Gasteiger partial charge < -0.3 is 5.11 Å². The normalized spacial score (nSPS) is 9.62. The summed E-state index contributed by atoms with van der Waals surface area (Å²) in [5.41, 5.74) is 0.353. The van der Waals surface area contributed by atoms with Crippen LogP contribution in [0, 0.1) is 0 Å². The van der Waals surface area contributed by atoms with Crippen molar-refractivity contribution in [3.63, 3.8) is 0 Å². The second-order valence-electron chi connectivity index (χ2n) is 2.15. The van der Waals surface area contributed by atoms with Crippen LogP contribution in [0.15, 0.2) is 36.6 Å². The van der Waals surface area contributed by atoms with Gasteiger partial charge in [-0.2, -0.15) is 0 Å². The Bertz CT molecular complexity index is 323. The Hall–Kier alpha value is -0.280. The Balaban J connectivity index is 0.00000144. The van der Waals surface area contributed by atoms with Crippen molar-refractivity contribution < 1.29 is 39.5 Å². The first-order chi connectivity index (χ1) is 5.75. The molecule has 1 aromatic carbocycles. The fraction of sp³-hybridized carbons (Fsp3) is 0. The standard InChI is InChI=1S/C9H7ClO2.Na/c10-8-4-2-1-3-7(8)9(12)5-6-11;/h1-6,11H;/q;+1/p-1. The minimum atomic E-state index is -0.365. The summed E-state index contributed by atoms with van der Waals surface area (Å²) in [7, 11) is 0. The largest absolute Gasteiger partial charge is 1.00 e. The van der Waals surface area contributed by atoms with Crippen molar-refractivity contribution in [3.8, 4) is 0 Å². The summed E-state index contributed by atoms with van der Waals surface area (Å²) in [5.74, 6) is -0.365. The predicted molar refractivity (Wildman–Crippen MR) is 44.9 cm³/mol. The molecule has 1 rings (SSSR count). The van der Waals surface area contributed by atoms with Gasteiger partial charge in [0.2, 0.25) is 0 Å². The molecule has 0 aromatic heterocycles. The van der Waals surface area contributed by atoms with Gasteiger partial charge in [0.25, 0.3) is 0 Å². The first-order valence-electron chi connectivity index (χ1n) is 3.33. The van der Waals surface area contributed by atoms with Crippen LogP contribution >= 0.6 is 11.6 Å². The molecule has 62 valence electrons. The fourth-order valence-corrected chi connectivity index (χ4v) is 1.04. The van der Waals surface area contributed by atoms with E-state index in [1.807, 2.05) is 0 Å². The molecule has 0 heterocycles. The number of carbonyl (C=O) groups is 1. The van der Waals surface area contributed by atoms with Gasteiger partial charge in [0.15, 0.2) is 5.78 Å². The third-order valence-corrected chi connectivity index (χ3v) is 1.69. The molecule has 13 heavy (non-hydrogen) atoms. The zero-order valence-corrected chi connectivity index (χ0v) is 9.91. The van der Waals surface area contributed by atoms with E-state index in [1.54, 1.807) is 24.3 Å². The van der Waals surface area contributed by atoms with Crippen LogP contribution in [0.5, 0.6) is 0 Å². The summed E-state index contributed by atoms with van der Waals surface area (Å²) in [6, 6.07) is 6.59. The number of benzene rings is 1. The molecule has 0 saturated heterocycles. The van der Waals surface area contributed by atoms with E-state index in [0.29, 0.717) is 16.8 Å². The molecule has 0 fully saturated rings. The van der Waals surface area contributed by atoms with E-state index in [-0.39, 0.29) is 35.3 Å². The molecule has 0 atom stereocenters. The summed E-state index contributed by atoms with van der Waals surface area (Å²) < 4.78 is 0. The molecule has 0 aliphatic heterocycles. The SMILES string of the molecule is O=C(C=C[O-])c1ccccc1Cl.[Na+]. The molecule has 0 amide bonds. The van der Waals surface area contributed by atoms with E-state index < -0.39 is 0 Å². The van der Waals surface area contributed by atoms with Gasteiger partial charge in [-0.05, 0) is 18.2 Å². The molecule has 0 aliphatic rings. The number of rotatable bonds is 2. The van der Waals surface area contributed by atoms with E-state index in [9.17, 15) is 9.90 Å². The number of allylic oxidation sites excluding steroid dienone is 1. The third kappa shape index (κ3) is 3.53. The van der Waals surface area contributed by atoms with Crippen LogP contribution in [0.1, 0.15) is 10.4 Å². The molecule has 0 saturated carbocycles. The average molecular weight is 205 g/mol. The van der Waals surface area contributed by atoms with Crippen LogP contribution in [-0.2, 0) is 0 Å². The second kappa shape index (κ2) is 6.22. The molecular formula is C9H6ClNaO2. The Kier molecular flexibility index (Phi) is 6.08. The minimum Gasteiger partial charge on any atom is -0.878 e. The molecule has 0 spiro atoms. The van der Waals surface area contributed by atoms with Gasteiger partial charge in [0.1, 0.15) is 0 Å². The van der Waals surface area contributed by atoms with Crippen molar-refractivity contribution in [2.75, 3.05) is 0 Å². The summed E-state index contributed by atoms with van der Waals surface area (Å²) in [4.78, 5) is 11.1. The van der Waals surface area contributed by atoms with Crippen molar-refractivity contribution in [1.29, 1.82) is 0 Å². The summed E-state index contributed by atoms with van der Waals surface area (Å²) in [6.07, 6.45) is 1.40. The smallest absolute Gasteiger partial charge is 0.878 e. The van der Waals surface area contributed by atoms with Gasteiger partial charge in [-0.15, -0.1) is 6.26 Å². The Morgan fingerprint density at radius 2 is 2.00 bits per heavy atom. The maximum atomic E-state index is 11.1. The van der Waals surface area contributed by atoms with Gasteiger partial charge in [0.05, 0.1) is 5.02 Å². The number of ketones is 1. The van der Waals surface area contributed by atoms with Crippen LogP contribution in [0.4, 0.5) is 0 Å². The number of carbonyl (C=O) groups excluding carboxylic acids is 1. The molecule has 4 heteroatoms. The Morgan fingerprint density at radius 3 is 2.54 bits per heavy atom. The number of hydrogen-bond acceptors (Lipinski definition) is 2. The molecule has 2 nitrogen and oxygen atoms in total. The van der Waals surface area contributed by atoms with Crippen LogP contribution in [-0.4, -0.2) is 5.78 Å². The van der Waals surface area contributed by atoms with E-state index >= 15 is 0 Å². The van der Waals surface area contributed by atoms with Gasteiger partial charge in [-0.25, -0.2) is 0 Å². The zero-order chi connectivity index (χ0) is 8.97. The molecule has 0 N–H and O–H groups in total. The van der Waals surface area contributed by atoms with Gasteiger partial charge >= 0.3 is 29.6 Å². The monoisotopic (exact) mass is 204 g/mol. The number of halogens is 1. The zero-order valence-electron chi connectivity index (χ0n) is 7.16. The summed E-state index contributed by atoms with van der Waals surface area (Å²) in [6.45, 7) is 0. The quantitative estimate of drug-likeness (QED) is 0.252. The number of hydrogen-bond donors (Lipinski definition) is 0. The maximum Gasteiger partial charge on any atom is 1.00 e. The van der Waals surface area contributed by atoms with Crippen molar-refractivity contribution >= 4 is 17.4 Å². The maximum absolute atomic E-state index is 11.1. The molecule has 0 aliphatic carbocycles. The summed E-state index contributed by atoms with van der Waals surface area (Å²) >= 11 is 5.70. The third-order valence-electron chi connectivity index (χ3n) is 1.36. The second-order valence-corrected chi connectivity index (χ2v) is 2.55. The molecule has 0 bridgehead atoms. The van der Waals surface area contributed by atoms with Crippen molar-refractivity contribution in [3.05, 3.63) is 47.2 Å². The first-order valence-corrected chi connectivity index (χ1v) is 3.71.